The van der Waals surface area contributed by atoms with Crippen molar-refractivity contribution in [3.05, 3.63) is 176 Å². The first-order chi connectivity index (χ1) is 26.8. The lowest BCUT2D eigenvalue weighted by Gasteiger charge is -2.26. The summed E-state index contributed by atoms with van der Waals surface area (Å²) in [5.41, 5.74) is 2.84. The zero-order valence-electron chi connectivity index (χ0n) is 28.6. The third kappa shape index (κ3) is 5.56. The summed E-state index contributed by atoms with van der Waals surface area (Å²) in [5, 5.41) is 33.2. The number of aromatic hydroxyl groups is 3. The average molecular weight is 726 g/mol. The SMILES string of the molecule is O=c1c(O)c(-c2ccc(N(c3ccc(-c4oc5ccccc5c(=O)c4O)cc3)c3ccc(-c4oc5ccccc5c(=O)c4O)cc3)cc2)oc2ccccc12. The van der Waals surface area contributed by atoms with Gasteiger partial charge in [0.1, 0.15) is 16.7 Å². The van der Waals surface area contributed by atoms with Crippen LogP contribution in [0.4, 0.5) is 17.1 Å². The molecule has 9 rings (SSSR count). The number of hydrogen-bond acceptors (Lipinski definition) is 10. The Kier molecular flexibility index (Phi) is 7.79. The Labute approximate surface area is 310 Å². The normalized spacial score (nSPS) is 11.3. The predicted octanol–water partition coefficient (Wildman–Crippen LogP) is 9.59. The number of para-hydroxylation sites is 3. The van der Waals surface area contributed by atoms with Crippen LogP contribution in [0.2, 0.25) is 0 Å². The highest BCUT2D eigenvalue weighted by Crippen LogP contribution is 2.40. The van der Waals surface area contributed by atoms with Crippen LogP contribution in [0.25, 0.3) is 66.9 Å². The van der Waals surface area contributed by atoms with Gasteiger partial charge >= 0.3 is 0 Å². The van der Waals surface area contributed by atoms with Crippen molar-refractivity contribution in [2.45, 2.75) is 0 Å². The van der Waals surface area contributed by atoms with Crippen LogP contribution in [0.5, 0.6) is 17.2 Å². The largest absolute Gasteiger partial charge is 0.502 e. The van der Waals surface area contributed by atoms with E-state index in [1.54, 1.807) is 146 Å². The lowest BCUT2D eigenvalue weighted by Crippen LogP contribution is -2.10. The summed E-state index contributed by atoms with van der Waals surface area (Å²) in [6, 6.07) is 41.2. The zero-order valence-corrected chi connectivity index (χ0v) is 28.6. The first-order valence-electron chi connectivity index (χ1n) is 17.1. The Balaban J connectivity index is 1.14. The van der Waals surface area contributed by atoms with E-state index >= 15 is 0 Å². The molecule has 9 aromatic rings. The number of nitrogens with zero attached hydrogens (tertiary/aromatic N) is 1. The van der Waals surface area contributed by atoms with E-state index in [9.17, 15) is 29.7 Å². The molecule has 0 spiro atoms. The van der Waals surface area contributed by atoms with Crippen LogP contribution < -0.4 is 21.2 Å². The van der Waals surface area contributed by atoms with E-state index in [1.807, 2.05) is 4.90 Å². The van der Waals surface area contributed by atoms with Gasteiger partial charge in [0.15, 0.2) is 17.3 Å². The molecule has 0 unspecified atom stereocenters. The minimum absolute atomic E-state index is 0.0314. The summed E-state index contributed by atoms with van der Waals surface area (Å²) in [7, 11) is 0. The molecule has 0 bridgehead atoms. The maximum absolute atomic E-state index is 12.9. The highest BCUT2D eigenvalue weighted by molar-refractivity contribution is 5.86. The highest BCUT2D eigenvalue weighted by atomic mass is 16.4. The molecule has 10 heteroatoms. The number of anilines is 3. The molecule has 0 aliphatic carbocycles. The molecule has 0 saturated carbocycles. The molecule has 0 radical (unpaired) electrons. The molecule has 0 fully saturated rings. The molecule has 55 heavy (non-hydrogen) atoms. The summed E-state index contributed by atoms with van der Waals surface area (Å²) < 4.78 is 17.9. The highest BCUT2D eigenvalue weighted by Gasteiger charge is 2.21. The smallest absolute Gasteiger partial charge is 0.235 e. The molecule has 10 nitrogen and oxygen atoms in total. The van der Waals surface area contributed by atoms with Gasteiger partial charge in [-0.3, -0.25) is 14.4 Å². The Morgan fingerprint density at radius 3 is 0.873 bits per heavy atom. The summed E-state index contributed by atoms with van der Waals surface area (Å²) in [6.07, 6.45) is 0. The first-order valence-corrected chi connectivity index (χ1v) is 17.1. The van der Waals surface area contributed by atoms with E-state index in [4.69, 9.17) is 13.3 Å². The van der Waals surface area contributed by atoms with Crippen molar-refractivity contribution < 1.29 is 28.6 Å². The standard InChI is InChI=1S/C45H27NO9/c47-37-31-7-1-4-10-34(31)53-43(40(37)50)25-13-19-28(20-14-25)46(29-21-15-26(16-22-29)44-41(51)38(48)32-8-2-5-11-35(32)54-44)30-23-17-27(18-24-30)45-42(52)39(49)33-9-3-6-12-36(33)55-45/h1-24,50-52H. The van der Waals surface area contributed by atoms with Gasteiger partial charge in [-0.25, -0.2) is 0 Å². The summed E-state index contributed by atoms with van der Waals surface area (Å²) in [5.74, 6) is -1.40. The Bertz CT molecular complexity index is 2790. The number of hydrogen-bond donors (Lipinski definition) is 3. The van der Waals surface area contributed by atoms with Gasteiger partial charge in [0.05, 0.1) is 16.2 Å². The van der Waals surface area contributed by atoms with E-state index in [0.29, 0.717) is 50.5 Å². The molecule has 6 aromatic carbocycles. The molecule has 0 aliphatic rings. The van der Waals surface area contributed by atoms with E-state index in [2.05, 4.69) is 0 Å². The van der Waals surface area contributed by atoms with Gasteiger partial charge in [0.2, 0.25) is 33.5 Å². The topological polar surface area (TPSA) is 155 Å². The Hall–Kier alpha value is -7.85. The van der Waals surface area contributed by atoms with Crippen molar-refractivity contribution in [3.8, 4) is 51.2 Å². The molecule has 3 N–H and O–H groups in total. The number of fused-ring (bicyclic) bond motifs is 3. The molecule has 3 heterocycles. The van der Waals surface area contributed by atoms with Crippen LogP contribution in [-0.4, -0.2) is 15.3 Å². The van der Waals surface area contributed by atoms with E-state index in [1.165, 1.54) is 0 Å². The van der Waals surface area contributed by atoms with Crippen molar-refractivity contribution in [3.63, 3.8) is 0 Å². The fraction of sp³-hybridized carbons (Fsp3) is 0. The molecular formula is C45H27NO9. The molecule has 0 aliphatic heterocycles. The van der Waals surface area contributed by atoms with Crippen LogP contribution in [0.1, 0.15) is 0 Å². The number of benzene rings is 6. The van der Waals surface area contributed by atoms with Crippen molar-refractivity contribution in [2.75, 3.05) is 4.90 Å². The fourth-order valence-corrected chi connectivity index (χ4v) is 6.72. The van der Waals surface area contributed by atoms with Crippen LogP contribution >= 0.6 is 0 Å². The van der Waals surface area contributed by atoms with Gasteiger partial charge in [-0.05, 0) is 109 Å². The Morgan fingerprint density at radius 1 is 0.345 bits per heavy atom. The second-order valence-corrected chi connectivity index (χ2v) is 12.8. The van der Waals surface area contributed by atoms with Crippen LogP contribution in [0.15, 0.2) is 173 Å². The van der Waals surface area contributed by atoms with E-state index in [0.717, 1.165) is 0 Å². The van der Waals surface area contributed by atoms with Crippen molar-refractivity contribution in [1.82, 2.24) is 0 Å². The minimum atomic E-state index is -0.538. The van der Waals surface area contributed by atoms with Crippen molar-refractivity contribution in [2.24, 2.45) is 0 Å². The van der Waals surface area contributed by atoms with Gasteiger partial charge in [-0.2, -0.15) is 0 Å². The quantitative estimate of drug-likeness (QED) is 0.151. The van der Waals surface area contributed by atoms with Crippen LogP contribution in [-0.2, 0) is 0 Å². The van der Waals surface area contributed by atoms with Gasteiger partial charge < -0.3 is 33.5 Å². The second-order valence-electron chi connectivity index (χ2n) is 12.8. The van der Waals surface area contributed by atoms with Crippen LogP contribution in [0.3, 0.4) is 0 Å². The summed E-state index contributed by atoms with van der Waals surface area (Å²) >= 11 is 0. The maximum atomic E-state index is 12.9. The van der Waals surface area contributed by atoms with E-state index < -0.39 is 33.5 Å². The second kappa shape index (κ2) is 13.0. The molecule has 0 saturated heterocycles. The maximum Gasteiger partial charge on any atom is 0.235 e. The molecule has 3 aromatic heterocycles. The predicted molar refractivity (Wildman–Crippen MR) is 211 cm³/mol. The zero-order chi connectivity index (χ0) is 37.8. The summed E-state index contributed by atoms with van der Waals surface area (Å²) in [4.78, 5) is 40.7. The number of rotatable bonds is 6. The lowest BCUT2D eigenvalue weighted by atomic mass is 10.1. The van der Waals surface area contributed by atoms with Gasteiger partial charge in [0.25, 0.3) is 0 Å². The van der Waals surface area contributed by atoms with Crippen LogP contribution in [0, 0.1) is 0 Å². The van der Waals surface area contributed by atoms with Gasteiger partial charge in [-0.15, -0.1) is 0 Å². The summed E-state index contributed by atoms with van der Waals surface area (Å²) in [6.45, 7) is 0. The fourth-order valence-electron chi connectivity index (χ4n) is 6.72. The van der Waals surface area contributed by atoms with E-state index in [-0.39, 0.29) is 33.4 Å². The minimum Gasteiger partial charge on any atom is -0.502 e. The van der Waals surface area contributed by atoms with Crippen molar-refractivity contribution >= 4 is 50.0 Å². The molecular weight excluding hydrogens is 698 g/mol. The third-order valence-electron chi connectivity index (χ3n) is 9.48. The average Bonchev–Trinajstić information content (AvgIpc) is 3.23. The Morgan fingerprint density at radius 2 is 0.600 bits per heavy atom. The lowest BCUT2D eigenvalue weighted by molar-refractivity contribution is 0.449. The molecule has 266 valence electrons. The third-order valence-corrected chi connectivity index (χ3v) is 9.48. The molecule has 0 atom stereocenters. The monoisotopic (exact) mass is 725 g/mol. The first kappa shape index (κ1) is 33.0. The van der Waals surface area contributed by atoms with Crippen molar-refractivity contribution in [1.29, 1.82) is 0 Å². The molecule has 0 amide bonds. The van der Waals surface area contributed by atoms with Gasteiger partial charge in [0, 0.05) is 33.8 Å². The van der Waals surface area contributed by atoms with Gasteiger partial charge in [-0.1, -0.05) is 36.4 Å².